The maximum Gasteiger partial charge on any atom is 0.337 e. The van der Waals surface area contributed by atoms with Crippen LogP contribution in [-0.2, 0) is 0 Å². The molecule has 0 fully saturated rings. The van der Waals surface area contributed by atoms with Crippen LogP contribution in [0.5, 0.6) is 0 Å². The SMILES string of the molecule is Cc1cscc1-c1cc(C(=O)O)cnc1C(N)=O. The van der Waals surface area contributed by atoms with Crippen LogP contribution in [0.4, 0.5) is 0 Å². The molecule has 0 bridgehead atoms. The Bertz CT molecular complexity index is 634. The van der Waals surface area contributed by atoms with Crippen molar-refractivity contribution in [3.8, 4) is 11.1 Å². The van der Waals surface area contributed by atoms with Gasteiger partial charge in [0, 0.05) is 11.8 Å². The first-order chi connectivity index (χ1) is 8.50. The molecule has 0 atom stereocenters. The number of amides is 1. The van der Waals surface area contributed by atoms with Crippen molar-refractivity contribution in [2.24, 2.45) is 5.73 Å². The van der Waals surface area contributed by atoms with Gasteiger partial charge in [-0.1, -0.05) is 0 Å². The highest BCUT2D eigenvalue weighted by atomic mass is 32.1. The molecular formula is C12H10N2O3S. The van der Waals surface area contributed by atoms with E-state index in [1.54, 1.807) is 0 Å². The number of nitrogens with zero attached hydrogens (tertiary/aromatic N) is 1. The summed E-state index contributed by atoms with van der Waals surface area (Å²) in [6.07, 6.45) is 1.13. The molecule has 0 spiro atoms. The molecule has 2 heterocycles. The second-order valence-electron chi connectivity index (χ2n) is 3.76. The summed E-state index contributed by atoms with van der Waals surface area (Å²) < 4.78 is 0. The maximum atomic E-state index is 11.3. The molecule has 0 aliphatic carbocycles. The van der Waals surface area contributed by atoms with E-state index in [0.29, 0.717) is 5.56 Å². The number of aromatic nitrogens is 1. The summed E-state index contributed by atoms with van der Waals surface area (Å²) in [6, 6.07) is 1.42. The smallest absolute Gasteiger partial charge is 0.337 e. The summed E-state index contributed by atoms with van der Waals surface area (Å²) in [4.78, 5) is 26.1. The molecule has 1 amide bonds. The van der Waals surface area contributed by atoms with Crippen molar-refractivity contribution in [2.45, 2.75) is 6.92 Å². The van der Waals surface area contributed by atoms with Gasteiger partial charge in [-0.3, -0.25) is 4.79 Å². The summed E-state index contributed by atoms with van der Waals surface area (Å²) in [5.74, 6) is -1.76. The number of carboxylic acid groups (broad SMARTS) is 1. The highest BCUT2D eigenvalue weighted by Crippen LogP contribution is 2.29. The standard InChI is InChI=1S/C12H10N2O3S/c1-6-4-18-5-9(6)8-2-7(12(16)17)3-14-10(8)11(13)15/h2-5H,1H3,(H2,13,15)(H,16,17). The van der Waals surface area contributed by atoms with Gasteiger partial charge < -0.3 is 10.8 Å². The van der Waals surface area contributed by atoms with Gasteiger partial charge in [0.25, 0.3) is 5.91 Å². The third-order valence-corrected chi connectivity index (χ3v) is 3.38. The van der Waals surface area contributed by atoms with Crippen molar-refractivity contribution in [3.63, 3.8) is 0 Å². The van der Waals surface area contributed by atoms with E-state index < -0.39 is 11.9 Å². The van der Waals surface area contributed by atoms with Gasteiger partial charge in [0.1, 0.15) is 5.69 Å². The normalized spacial score (nSPS) is 10.3. The number of aryl methyl sites for hydroxylation is 1. The van der Waals surface area contributed by atoms with Crippen LogP contribution in [0.25, 0.3) is 11.1 Å². The predicted molar refractivity (Wildman–Crippen MR) is 67.8 cm³/mol. The number of hydrogen-bond donors (Lipinski definition) is 2. The van der Waals surface area contributed by atoms with Crippen LogP contribution in [0.3, 0.4) is 0 Å². The Morgan fingerprint density at radius 2 is 2.06 bits per heavy atom. The van der Waals surface area contributed by atoms with Gasteiger partial charge in [0.2, 0.25) is 0 Å². The summed E-state index contributed by atoms with van der Waals surface area (Å²) in [5, 5.41) is 12.7. The number of carbonyl (C=O) groups excluding carboxylic acids is 1. The van der Waals surface area contributed by atoms with E-state index in [1.807, 2.05) is 17.7 Å². The van der Waals surface area contributed by atoms with Gasteiger partial charge in [-0.2, -0.15) is 11.3 Å². The number of nitrogens with two attached hydrogens (primary N) is 1. The third kappa shape index (κ3) is 2.10. The van der Waals surface area contributed by atoms with Gasteiger partial charge in [-0.25, -0.2) is 9.78 Å². The van der Waals surface area contributed by atoms with Crippen LogP contribution < -0.4 is 5.73 Å². The molecule has 18 heavy (non-hydrogen) atoms. The van der Waals surface area contributed by atoms with Gasteiger partial charge in [-0.05, 0) is 34.9 Å². The molecule has 92 valence electrons. The van der Waals surface area contributed by atoms with Gasteiger partial charge in [0.15, 0.2) is 0 Å². The number of aromatic carboxylic acids is 1. The Morgan fingerprint density at radius 1 is 1.33 bits per heavy atom. The minimum Gasteiger partial charge on any atom is -0.478 e. The molecule has 2 rings (SSSR count). The quantitative estimate of drug-likeness (QED) is 0.883. The van der Waals surface area contributed by atoms with Gasteiger partial charge in [0.05, 0.1) is 5.56 Å². The molecule has 2 aromatic heterocycles. The van der Waals surface area contributed by atoms with E-state index >= 15 is 0 Å². The maximum absolute atomic E-state index is 11.3. The van der Waals surface area contributed by atoms with Gasteiger partial charge in [-0.15, -0.1) is 0 Å². The fourth-order valence-corrected chi connectivity index (χ4v) is 2.47. The van der Waals surface area contributed by atoms with Crippen molar-refractivity contribution in [2.75, 3.05) is 0 Å². The minimum absolute atomic E-state index is 0.0283. The highest BCUT2D eigenvalue weighted by molar-refractivity contribution is 7.08. The second kappa shape index (κ2) is 4.58. The Hall–Kier alpha value is -2.21. The number of pyridine rings is 1. The Kier molecular flexibility index (Phi) is 3.12. The number of hydrogen-bond acceptors (Lipinski definition) is 4. The first kappa shape index (κ1) is 12.3. The van der Waals surface area contributed by atoms with Crippen LogP contribution in [0.1, 0.15) is 26.4 Å². The minimum atomic E-state index is -1.09. The molecule has 3 N–H and O–H groups in total. The molecule has 0 aliphatic heterocycles. The molecule has 6 heteroatoms. The first-order valence-corrected chi connectivity index (χ1v) is 6.01. The van der Waals surface area contributed by atoms with E-state index in [2.05, 4.69) is 4.98 Å². The van der Waals surface area contributed by atoms with E-state index in [-0.39, 0.29) is 11.3 Å². The van der Waals surface area contributed by atoms with Gasteiger partial charge >= 0.3 is 5.97 Å². The summed E-state index contributed by atoms with van der Waals surface area (Å²) in [7, 11) is 0. The lowest BCUT2D eigenvalue weighted by atomic mass is 10.0. The van der Waals surface area contributed by atoms with Crippen LogP contribution >= 0.6 is 11.3 Å². The molecule has 0 aromatic carbocycles. The molecule has 0 aliphatic rings. The predicted octanol–water partition coefficient (Wildman–Crippen LogP) is 1.92. The fraction of sp³-hybridized carbons (Fsp3) is 0.0833. The van der Waals surface area contributed by atoms with Crippen LogP contribution in [0.2, 0.25) is 0 Å². The van der Waals surface area contributed by atoms with Crippen LogP contribution in [0, 0.1) is 6.92 Å². The van der Waals surface area contributed by atoms with Crippen LogP contribution in [-0.4, -0.2) is 22.0 Å². The molecule has 0 saturated heterocycles. The topological polar surface area (TPSA) is 93.3 Å². The second-order valence-corrected chi connectivity index (χ2v) is 4.50. The van der Waals surface area contributed by atoms with Crippen LogP contribution in [0.15, 0.2) is 23.0 Å². The molecule has 0 radical (unpaired) electrons. The number of carboxylic acids is 1. The summed E-state index contributed by atoms with van der Waals surface area (Å²) in [5.41, 5.74) is 7.56. The van der Waals surface area contributed by atoms with Crippen molar-refractivity contribution < 1.29 is 14.7 Å². The highest BCUT2D eigenvalue weighted by Gasteiger charge is 2.16. The summed E-state index contributed by atoms with van der Waals surface area (Å²) >= 11 is 1.47. The zero-order valence-corrected chi connectivity index (χ0v) is 10.3. The lowest BCUT2D eigenvalue weighted by Gasteiger charge is -2.06. The average molecular weight is 262 g/mol. The lowest BCUT2D eigenvalue weighted by molar-refractivity contribution is 0.0695. The van der Waals surface area contributed by atoms with E-state index in [9.17, 15) is 9.59 Å². The number of thiophene rings is 1. The van der Waals surface area contributed by atoms with Crippen molar-refractivity contribution in [1.29, 1.82) is 0 Å². The van der Waals surface area contributed by atoms with Crippen molar-refractivity contribution in [1.82, 2.24) is 4.98 Å². The molecule has 5 nitrogen and oxygen atoms in total. The van der Waals surface area contributed by atoms with E-state index in [4.69, 9.17) is 10.8 Å². The monoisotopic (exact) mass is 262 g/mol. The number of carbonyl (C=O) groups is 2. The lowest BCUT2D eigenvalue weighted by Crippen LogP contribution is -2.15. The largest absolute Gasteiger partial charge is 0.478 e. The first-order valence-electron chi connectivity index (χ1n) is 5.07. The molecule has 2 aromatic rings. The number of primary amides is 1. The Balaban J connectivity index is 2.69. The van der Waals surface area contributed by atoms with E-state index in [1.165, 1.54) is 17.4 Å². The molecule has 0 unspecified atom stereocenters. The molecule has 0 saturated carbocycles. The summed E-state index contributed by atoms with van der Waals surface area (Å²) in [6.45, 7) is 1.88. The van der Waals surface area contributed by atoms with Crippen molar-refractivity contribution >= 4 is 23.2 Å². The Morgan fingerprint density at radius 3 is 2.56 bits per heavy atom. The van der Waals surface area contributed by atoms with E-state index in [0.717, 1.165) is 17.3 Å². The third-order valence-electron chi connectivity index (χ3n) is 2.51. The fourth-order valence-electron chi connectivity index (χ4n) is 1.62. The van der Waals surface area contributed by atoms with Crippen molar-refractivity contribution in [3.05, 3.63) is 39.8 Å². The number of rotatable bonds is 3. The average Bonchev–Trinajstić information content (AvgIpc) is 2.74. The zero-order valence-electron chi connectivity index (χ0n) is 9.51. The zero-order chi connectivity index (χ0) is 13.3. The molecular weight excluding hydrogens is 252 g/mol. The Labute approximate surface area is 107 Å².